The Morgan fingerprint density at radius 3 is 2.89 bits per heavy atom. The fourth-order valence-corrected chi connectivity index (χ4v) is 3.56. The van der Waals surface area contributed by atoms with Crippen molar-refractivity contribution in [3.63, 3.8) is 0 Å². The Balaban J connectivity index is 1.94. The molecular weight excluding hydrogens is 240 g/mol. The van der Waals surface area contributed by atoms with Crippen LogP contribution in [0.15, 0.2) is 0 Å². The van der Waals surface area contributed by atoms with Gasteiger partial charge in [-0.1, -0.05) is 6.92 Å². The minimum Gasteiger partial charge on any atom is -0.384 e. The Bertz CT molecular complexity index is 307. The largest absolute Gasteiger partial charge is 0.384 e. The van der Waals surface area contributed by atoms with Crippen LogP contribution in [-0.2, 0) is 9.53 Å². The van der Waals surface area contributed by atoms with Crippen LogP contribution in [0.2, 0.25) is 0 Å². The molecule has 1 aliphatic heterocycles. The Morgan fingerprint density at radius 2 is 2.16 bits per heavy atom. The van der Waals surface area contributed by atoms with E-state index in [1.54, 1.807) is 7.11 Å². The molecule has 0 aromatic heterocycles. The summed E-state index contributed by atoms with van der Waals surface area (Å²) in [7, 11) is 1.74. The quantitative estimate of drug-likeness (QED) is 0.846. The number of carbonyl (C=O) groups excluding carboxylic acids is 1. The van der Waals surface area contributed by atoms with E-state index in [-0.39, 0.29) is 12.0 Å². The van der Waals surface area contributed by atoms with Gasteiger partial charge in [0.2, 0.25) is 5.91 Å². The van der Waals surface area contributed by atoms with E-state index in [2.05, 4.69) is 6.92 Å². The fraction of sp³-hybridized carbons (Fsp3) is 0.933. The Hall–Kier alpha value is -0.610. The first-order valence-corrected chi connectivity index (χ1v) is 7.65. The van der Waals surface area contributed by atoms with Gasteiger partial charge in [-0.2, -0.15) is 0 Å². The number of likely N-dealkylation sites (tertiary alicyclic amines) is 1. The van der Waals surface area contributed by atoms with Gasteiger partial charge < -0.3 is 15.4 Å². The maximum Gasteiger partial charge on any atom is 0.227 e. The number of ether oxygens (including phenoxy) is 1. The Labute approximate surface area is 116 Å². The molecular formula is C15H28N2O2. The van der Waals surface area contributed by atoms with Crippen LogP contribution >= 0.6 is 0 Å². The van der Waals surface area contributed by atoms with Gasteiger partial charge in [0.15, 0.2) is 0 Å². The molecule has 1 saturated heterocycles. The molecule has 4 nitrogen and oxygen atoms in total. The Kier molecular flexibility index (Phi) is 5.22. The van der Waals surface area contributed by atoms with Crippen LogP contribution in [0, 0.1) is 17.8 Å². The maximum atomic E-state index is 12.7. The first-order valence-electron chi connectivity index (χ1n) is 7.65. The SMILES string of the molecule is COCC1CCCN(C(=O)C2CC(C)CCC2N)C1. The average Bonchev–Trinajstić information content (AvgIpc) is 2.41. The van der Waals surface area contributed by atoms with Crippen LogP contribution in [0.25, 0.3) is 0 Å². The highest BCUT2D eigenvalue weighted by molar-refractivity contribution is 5.79. The molecule has 2 rings (SSSR count). The number of carbonyl (C=O) groups is 1. The molecule has 1 aliphatic carbocycles. The highest BCUT2D eigenvalue weighted by Gasteiger charge is 2.35. The number of rotatable bonds is 3. The van der Waals surface area contributed by atoms with E-state index in [1.165, 1.54) is 6.42 Å². The standard InChI is InChI=1S/C15H28N2O2/c1-11-5-6-14(16)13(8-11)15(18)17-7-3-4-12(9-17)10-19-2/h11-14H,3-10,16H2,1-2H3. The monoisotopic (exact) mass is 268 g/mol. The van der Waals surface area contributed by atoms with Crippen LogP contribution in [0.3, 0.4) is 0 Å². The van der Waals surface area contributed by atoms with Crippen LogP contribution in [0.5, 0.6) is 0 Å². The van der Waals surface area contributed by atoms with Crippen LogP contribution in [0.4, 0.5) is 0 Å². The molecule has 0 bridgehead atoms. The zero-order valence-electron chi connectivity index (χ0n) is 12.3. The van der Waals surface area contributed by atoms with Crippen molar-refractivity contribution >= 4 is 5.91 Å². The van der Waals surface area contributed by atoms with E-state index in [4.69, 9.17) is 10.5 Å². The van der Waals surface area contributed by atoms with Crippen molar-refractivity contribution in [3.05, 3.63) is 0 Å². The summed E-state index contributed by atoms with van der Waals surface area (Å²) in [5, 5.41) is 0. The summed E-state index contributed by atoms with van der Waals surface area (Å²) in [4.78, 5) is 14.7. The minimum atomic E-state index is 0.0463. The lowest BCUT2D eigenvalue weighted by atomic mass is 9.78. The second kappa shape index (κ2) is 6.71. The molecule has 0 aromatic carbocycles. The molecule has 110 valence electrons. The topological polar surface area (TPSA) is 55.6 Å². The van der Waals surface area contributed by atoms with Gasteiger partial charge in [-0.3, -0.25) is 4.79 Å². The smallest absolute Gasteiger partial charge is 0.227 e. The van der Waals surface area contributed by atoms with Crippen LogP contribution in [-0.4, -0.2) is 43.7 Å². The van der Waals surface area contributed by atoms with Gasteiger partial charge in [-0.05, 0) is 43.9 Å². The summed E-state index contributed by atoms with van der Waals surface area (Å²) in [6.07, 6.45) is 5.39. The van der Waals surface area contributed by atoms with Crippen molar-refractivity contribution in [2.24, 2.45) is 23.5 Å². The second-order valence-corrected chi connectivity index (χ2v) is 6.44. The number of piperidine rings is 1. The lowest BCUT2D eigenvalue weighted by molar-refractivity contribution is -0.140. The number of hydrogen-bond donors (Lipinski definition) is 1. The van der Waals surface area contributed by atoms with Gasteiger partial charge in [0, 0.05) is 26.2 Å². The van der Waals surface area contributed by atoms with Crippen molar-refractivity contribution in [1.82, 2.24) is 4.90 Å². The summed E-state index contributed by atoms with van der Waals surface area (Å²) in [6.45, 7) is 4.74. The first kappa shape index (κ1) is 14.8. The van der Waals surface area contributed by atoms with Gasteiger partial charge in [-0.15, -0.1) is 0 Å². The third kappa shape index (κ3) is 3.69. The van der Waals surface area contributed by atoms with E-state index in [0.29, 0.717) is 17.7 Å². The predicted octanol–water partition coefficient (Wildman–Crippen LogP) is 1.63. The fourth-order valence-electron chi connectivity index (χ4n) is 3.56. The zero-order chi connectivity index (χ0) is 13.8. The average molecular weight is 268 g/mol. The normalized spacial score (nSPS) is 36.3. The van der Waals surface area contributed by atoms with Crippen molar-refractivity contribution in [2.45, 2.75) is 45.1 Å². The molecule has 0 spiro atoms. The lowest BCUT2D eigenvalue weighted by Gasteiger charge is -2.38. The van der Waals surface area contributed by atoms with Crippen molar-refractivity contribution in [1.29, 1.82) is 0 Å². The summed E-state index contributed by atoms with van der Waals surface area (Å²) >= 11 is 0. The summed E-state index contributed by atoms with van der Waals surface area (Å²) < 4.78 is 5.23. The second-order valence-electron chi connectivity index (χ2n) is 6.44. The number of amides is 1. The molecule has 4 atom stereocenters. The van der Waals surface area contributed by atoms with E-state index in [9.17, 15) is 4.79 Å². The van der Waals surface area contributed by atoms with Crippen molar-refractivity contribution < 1.29 is 9.53 Å². The molecule has 2 aliphatic rings. The third-order valence-electron chi connectivity index (χ3n) is 4.72. The van der Waals surface area contributed by atoms with E-state index >= 15 is 0 Å². The van der Waals surface area contributed by atoms with Gasteiger partial charge in [-0.25, -0.2) is 0 Å². The summed E-state index contributed by atoms with van der Waals surface area (Å²) in [5.41, 5.74) is 6.17. The molecule has 1 heterocycles. The van der Waals surface area contributed by atoms with Crippen molar-refractivity contribution in [3.8, 4) is 0 Å². The zero-order valence-corrected chi connectivity index (χ0v) is 12.3. The number of nitrogens with two attached hydrogens (primary N) is 1. The van der Waals surface area contributed by atoms with Gasteiger partial charge >= 0.3 is 0 Å². The maximum absolute atomic E-state index is 12.7. The van der Waals surface area contributed by atoms with E-state index in [0.717, 1.165) is 45.4 Å². The molecule has 2 fully saturated rings. The van der Waals surface area contributed by atoms with Crippen LogP contribution in [0.1, 0.15) is 39.0 Å². The van der Waals surface area contributed by atoms with Crippen molar-refractivity contribution in [2.75, 3.05) is 26.8 Å². The van der Waals surface area contributed by atoms with Gasteiger partial charge in [0.05, 0.1) is 12.5 Å². The van der Waals surface area contributed by atoms with E-state index < -0.39 is 0 Å². The lowest BCUT2D eigenvalue weighted by Crippen LogP contribution is -2.50. The predicted molar refractivity (Wildman–Crippen MR) is 75.7 cm³/mol. The number of nitrogens with zero attached hydrogens (tertiary/aromatic N) is 1. The van der Waals surface area contributed by atoms with E-state index in [1.807, 2.05) is 4.90 Å². The molecule has 1 amide bonds. The molecule has 1 saturated carbocycles. The summed E-state index contributed by atoms with van der Waals surface area (Å²) in [5.74, 6) is 1.47. The van der Waals surface area contributed by atoms with Gasteiger partial charge in [0.25, 0.3) is 0 Å². The van der Waals surface area contributed by atoms with Gasteiger partial charge in [0.1, 0.15) is 0 Å². The molecule has 0 aromatic rings. The highest BCUT2D eigenvalue weighted by Crippen LogP contribution is 2.30. The number of hydrogen-bond acceptors (Lipinski definition) is 3. The van der Waals surface area contributed by atoms with Crippen LogP contribution < -0.4 is 5.73 Å². The molecule has 2 N–H and O–H groups in total. The molecule has 4 heteroatoms. The molecule has 0 radical (unpaired) electrons. The third-order valence-corrected chi connectivity index (χ3v) is 4.72. The molecule has 19 heavy (non-hydrogen) atoms. The first-order chi connectivity index (χ1) is 9.11. The Morgan fingerprint density at radius 1 is 1.37 bits per heavy atom. The number of methoxy groups -OCH3 is 1. The molecule has 4 unspecified atom stereocenters. The summed E-state index contributed by atoms with van der Waals surface area (Å²) in [6, 6.07) is 0.0616. The minimum absolute atomic E-state index is 0.0463. The highest BCUT2D eigenvalue weighted by atomic mass is 16.5.